The monoisotopic (exact) mass is 400 g/mol. The molecule has 1 aliphatic heterocycles. The average molecular weight is 401 g/mol. The lowest BCUT2D eigenvalue weighted by molar-refractivity contribution is 0.191. The maximum Gasteiger partial charge on any atom is 0.197 e. The van der Waals surface area contributed by atoms with Crippen LogP contribution in [0.2, 0.25) is 0 Å². The van der Waals surface area contributed by atoms with Crippen molar-refractivity contribution in [2.24, 2.45) is 4.99 Å². The van der Waals surface area contributed by atoms with Crippen LogP contribution in [0.1, 0.15) is 37.0 Å². The van der Waals surface area contributed by atoms with Crippen LogP contribution in [-0.4, -0.2) is 42.6 Å². The van der Waals surface area contributed by atoms with Gasteiger partial charge in [0.15, 0.2) is 5.90 Å². The summed E-state index contributed by atoms with van der Waals surface area (Å²) >= 11 is 0. The second kappa shape index (κ2) is 8.23. The number of benzene rings is 2. The first-order valence-electron chi connectivity index (χ1n) is 10.8. The molecule has 0 N–H and O–H groups in total. The van der Waals surface area contributed by atoms with Gasteiger partial charge in [-0.25, -0.2) is 4.99 Å². The van der Waals surface area contributed by atoms with Crippen molar-refractivity contribution < 1.29 is 4.74 Å². The van der Waals surface area contributed by atoms with E-state index in [-0.39, 0.29) is 17.0 Å². The molecule has 0 saturated carbocycles. The van der Waals surface area contributed by atoms with E-state index in [4.69, 9.17) is 9.73 Å². The number of hydrogen-bond donors (Lipinski definition) is 0. The van der Waals surface area contributed by atoms with Crippen molar-refractivity contribution in [3.05, 3.63) is 90.0 Å². The highest BCUT2D eigenvalue weighted by Gasteiger charge is 2.51. The summed E-state index contributed by atoms with van der Waals surface area (Å²) in [5, 5.41) is 0. The Morgan fingerprint density at radius 2 is 1.87 bits per heavy atom. The molecule has 0 unspecified atom stereocenters. The first kappa shape index (κ1) is 20.6. The van der Waals surface area contributed by atoms with Crippen LogP contribution in [0.4, 0.5) is 0 Å². The molecule has 0 saturated heterocycles. The van der Waals surface area contributed by atoms with E-state index in [1.54, 1.807) is 0 Å². The third kappa shape index (κ3) is 3.75. The number of likely N-dealkylation sites (N-methyl/N-ethyl adjacent to an activating group) is 1. The van der Waals surface area contributed by atoms with E-state index in [2.05, 4.69) is 99.1 Å². The van der Waals surface area contributed by atoms with Crippen LogP contribution in [0.25, 0.3) is 6.08 Å². The average Bonchev–Trinajstić information content (AvgIpc) is 3.13. The van der Waals surface area contributed by atoms with Gasteiger partial charge >= 0.3 is 0 Å². The van der Waals surface area contributed by atoms with E-state index < -0.39 is 0 Å². The lowest BCUT2D eigenvalue weighted by Gasteiger charge is -2.45. The van der Waals surface area contributed by atoms with Gasteiger partial charge in [0.25, 0.3) is 0 Å². The summed E-state index contributed by atoms with van der Waals surface area (Å²) < 4.78 is 6.31. The molecule has 2 aromatic carbocycles. The highest BCUT2D eigenvalue weighted by molar-refractivity contribution is 5.93. The van der Waals surface area contributed by atoms with Crippen molar-refractivity contribution in [1.29, 1.82) is 0 Å². The third-order valence-electron chi connectivity index (χ3n) is 6.29. The van der Waals surface area contributed by atoms with E-state index in [9.17, 15) is 0 Å². The van der Waals surface area contributed by atoms with Crippen molar-refractivity contribution in [2.75, 3.05) is 20.2 Å². The fourth-order valence-corrected chi connectivity index (χ4v) is 4.78. The van der Waals surface area contributed by atoms with Crippen molar-refractivity contribution >= 4 is 12.0 Å². The molecule has 3 heteroatoms. The Balaban J connectivity index is 1.75. The summed E-state index contributed by atoms with van der Waals surface area (Å²) in [6, 6.07) is 19.5. The van der Waals surface area contributed by atoms with Crippen LogP contribution in [0.3, 0.4) is 0 Å². The fraction of sp³-hybridized carbons (Fsp3) is 0.370. The molecule has 1 aliphatic carbocycles. The molecule has 0 radical (unpaired) electrons. The van der Waals surface area contributed by atoms with Gasteiger partial charge < -0.3 is 4.74 Å². The number of fused-ring (bicyclic) bond motifs is 1. The number of rotatable bonds is 7. The highest BCUT2D eigenvalue weighted by atomic mass is 16.5. The highest BCUT2D eigenvalue weighted by Crippen LogP contribution is 2.44. The van der Waals surface area contributed by atoms with Crippen molar-refractivity contribution in [1.82, 2.24) is 4.90 Å². The molecule has 0 fully saturated rings. The molecule has 30 heavy (non-hydrogen) atoms. The Bertz CT molecular complexity index is 960. The molecule has 156 valence electrons. The summed E-state index contributed by atoms with van der Waals surface area (Å²) in [5.41, 5.74) is 3.30. The SMILES string of the molecule is C=CC[C@@]1(C2=NC(C)(C)CO2)c2ccccc2C=C[C@@H]1N(C)CCc1ccccc1. The zero-order chi connectivity index (χ0) is 21.2. The summed E-state index contributed by atoms with van der Waals surface area (Å²) in [5.74, 6) is 0.848. The Morgan fingerprint density at radius 1 is 1.13 bits per heavy atom. The van der Waals surface area contributed by atoms with Crippen LogP contribution in [0.5, 0.6) is 0 Å². The van der Waals surface area contributed by atoms with Gasteiger partial charge in [0.1, 0.15) is 6.61 Å². The molecule has 2 aromatic rings. The molecule has 0 bridgehead atoms. The zero-order valence-electron chi connectivity index (χ0n) is 18.3. The third-order valence-corrected chi connectivity index (χ3v) is 6.29. The second-order valence-corrected chi connectivity index (χ2v) is 9.09. The standard InChI is InChI=1S/C27H32N2O/c1-5-18-27(25-28-26(2,3)20-30-25)23-14-10-9-13-22(23)15-16-24(27)29(4)19-17-21-11-7-6-8-12-21/h5-16,24H,1,17-20H2,2-4H3/t24-,27+/m0/s1. The van der Waals surface area contributed by atoms with Crippen LogP contribution < -0.4 is 0 Å². The Kier molecular flexibility index (Phi) is 5.66. The zero-order valence-corrected chi connectivity index (χ0v) is 18.3. The second-order valence-electron chi connectivity index (χ2n) is 9.09. The van der Waals surface area contributed by atoms with Crippen molar-refractivity contribution in [3.8, 4) is 0 Å². The van der Waals surface area contributed by atoms with Crippen molar-refractivity contribution in [2.45, 2.75) is 43.7 Å². The molecule has 1 heterocycles. The van der Waals surface area contributed by atoms with E-state index in [1.165, 1.54) is 16.7 Å². The molecular weight excluding hydrogens is 368 g/mol. The fourth-order valence-electron chi connectivity index (χ4n) is 4.78. The number of nitrogens with zero attached hydrogens (tertiary/aromatic N) is 2. The largest absolute Gasteiger partial charge is 0.478 e. The molecule has 0 amide bonds. The van der Waals surface area contributed by atoms with E-state index in [0.29, 0.717) is 6.61 Å². The Labute approximate surface area is 180 Å². The summed E-state index contributed by atoms with van der Waals surface area (Å²) in [4.78, 5) is 7.52. The van der Waals surface area contributed by atoms with Crippen LogP contribution in [0, 0.1) is 0 Å². The van der Waals surface area contributed by atoms with E-state index in [1.807, 2.05) is 6.08 Å². The van der Waals surface area contributed by atoms with Crippen molar-refractivity contribution in [3.63, 3.8) is 0 Å². The minimum atomic E-state index is -0.369. The van der Waals surface area contributed by atoms with Gasteiger partial charge in [-0.2, -0.15) is 0 Å². The predicted molar refractivity (Wildman–Crippen MR) is 126 cm³/mol. The van der Waals surface area contributed by atoms with Gasteiger partial charge in [0, 0.05) is 12.6 Å². The number of hydrogen-bond acceptors (Lipinski definition) is 3. The summed E-state index contributed by atoms with van der Waals surface area (Å²) in [7, 11) is 2.21. The van der Waals surface area contributed by atoms with E-state index >= 15 is 0 Å². The van der Waals surface area contributed by atoms with Gasteiger partial charge in [-0.15, -0.1) is 6.58 Å². The molecule has 4 rings (SSSR count). The lowest BCUT2D eigenvalue weighted by Crippen LogP contribution is -2.55. The summed E-state index contributed by atoms with van der Waals surface area (Å²) in [6.45, 7) is 9.97. The van der Waals surface area contributed by atoms with Gasteiger partial charge in [-0.05, 0) is 50.4 Å². The topological polar surface area (TPSA) is 24.8 Å². The minimum absolute atomic E-state index is 0.141. The minimum Gasteiger partial charge on any atom is -0.478 e. The number of allylic oxidation sites excluding steroid dienone is 1. The number of ether oxygens (including phenoxy) is 1. The first-order chi connectivity index (χ1) is 14.5. The normalized spacial score (nSPS) is 24.3. The van der Waals surface area contributed by atoms with E-state index in [0.717, 1.165) is 25.3 Å². The van der Waals surface area contributed by atoms with Crippen LogP contribution >= 0.6 is 0 Å². The van der Waals surface area contributed by atoms with Gasteiger partial charge in [0.2, 0.25) is 0 Å². The Hall–Kier alpha value is -2.65. The molecule has 0 spiro atoms. The molecular formula is C27H32N2O. The predicted octanol–water partition coefficient (Wildman–Crippen LogP) is 5.28. The van der Waals surface area contributed by atoms with Gasteiger partial charge in [-0.3, -0.25) is 4.90 Å². The molecule has 2 atom stereocenters. The molecule has 2 aliphatic rings. The smallest absolute Gasteiger partial charge is 0.197 e. The maximum absolute atomic E-state index is 6.31. The molecule has 3 nitrogen and oxygen atoms in total. The summed E-state index contributed by atoms with van der Waals surface area (Å²) in [6.07, 6.45) is 8.39. The van der Waals surface area contributed by atoms with Crippen LogP contribution in [-0.2, 0) is 16.6 Å². The van der Waals surface area contributed by atoms with Crippen LogP contribution in [0.15, 0.2) is 78.3 Å². The maximum atomic E-state index is 6.31. The quantitative estimate of drug-likeness (QED) is 0.591. The Morgan fingerprint density at radius 3 is 2.57 bits per heavy atom. The molecule has 0 aromatic heterocycles. The number of aliphatic imine (C=N–C) groups is 1. The van der Waals surface area contributed by atoms with Gasteiger partial charge in [-0.1, -0.05) is 72.8 Å². The van der Waals surface area contributed by atoms with Gasteiger partial charge in [0.05, 0.1) is 11.0 Å². The lowest BCUT2D eigenvalue weighted by atomic mass is 9.66. The first-order valence-corrected chi connectivity index (χ1v) is 10.8.